The summed E-state index contributed by atoms with van der Waals surface area (Å²) in [5.41, 5.74) is 2.86. The third-order valence-corrected chi connectivity index (χ3v) is 7.68. The Bertz CT molecular complexity index is 944. The van der Waals surface area contributed by atoms with Crippen LogP contribution in [0.1, 0.15) is 53.8 Å². The summed E-state index contributed by atoms with van der Waals surface area (Å²) in [5.74, 6) is -0.112. The van der Waals surface area contributed by atoms with Crippen LogP contribution >= 0.6 is 11.3 Å². The van der Waals surface area contributed by atoms with Crippen molar-refractivity contribution in [1.82, 2.24) is 4.90 Å². The number of rotatable bonds is 6. The molecule has 2 aromatic rings. The van der Waals surface area contributed by atoms with Gasteiger partial charge >= 0.3 is 0 Å². The van der Waals surface area contributed by atoms with E-state index in [2.05, 4.69) is 11.4 Å². The van der Waals surface area contributed by atoms with Gasteiger partial charge in [0.1, 0.15) is 11.1 Å². The van der Waals surface area contributed by atoms with E-state index in [9.17, 15) is 14.3 Å². The van der Waals surface area contributed by atoms with Crippen molar-refractivity contribution < 1.29 is 9.00 Å². The first-order valence-electron chi connectivity index (χ1n) is 9.88. The van der Waals surface area contributed by atoms with Crippen LogP contribution in [0, 0.1) is 11.3 Å². The molecule has 1 aromatic carbocycles. The van der Waals surface area contributed by atoms with Crippen molar-refractivity contribution in [3.63, 3.8) is 0 Å². The molecule has 0 spiro atoms. The Hall–Kier alpha value is -2.01. The van der Waals surface area contributed by atoms with Crippen LogP contribution in [0.3, 0.4) is 0 Å². The van der Waals surface area contributed by atoms with Gasteiger partial charge in [0.25, 0.3) is 0 Å². The zero-order valence-electron chi connectivity index (χ0n) is 17.2. The van der Waals surface area contributed by atoms with Gasteiger partial charge in [0.05, 0.1) is 12.1 Å². The van der Waals surface area contributed by atoms with Gasteiger partial charge in [-0.05, 0) is 62.9 Å². The maximum absolute atomic E-state index is 12.7. The van der Waals surface area contributed by atoms with Gasteiger partial charge in [-0.1, -0.05) is 18.6 Å². The number of nitrogens with zero attached hydrogens (tertiary/aromatic N) is 2. The van der Waals surface area contributed by atoms with Crippen LogP contribution in [0.15, 0.2) is 29.2 Å². The number of nitriles is 1. The van der Waals surface area contributed by atoms with Gasteiger partial charge in [-0.25, -0.2) is 0 Å². The van der Waals surface area contributed by atoms with Crippen LogP contribution in [0.4, 0.5) is 5.00 Å². The molecule has 3 rings (SSSR count). The Balaban J connectivity index is 1.66. The number of carbonyl (C=O) groups is 1. The Kier molecular flexibility index (Phi) is 7.23. The van der Waals surface area contributed by atoms with Crippen molar-refractivity contribution in [3.8, 4) is 6.07 Å². The maximum atomic E-state index is 12.7. The summed E-state index contributed by atoms with van der Waals surface area (Å²) in [6.07, 6.45) is 7.05. The monoisotopic (exact) mass is 429 g/mol. The zero-order valence-corrected chi connectivity index (χ0v) is 18.8. The topological polar surface area (TPSA) is 73.2 Å². The molecule has 1 amide bonds. The number of thiophene rings is 1. The van der Waals surface area contributed by atoms with Gasteiger partial charge in [-0.3, -0.25) is 13.9 Å². The van der Waals surface area contributed by atoms with Crippen molar-refractivity contribution >= 4 is 33.0 Å². The fourth-order valence-corrected chi connectivity index (χ4v) is 5.45. The number of likely N-dealkylation sites (N-methyl/N-ethyl adjacent to an activating group) is 1. The van der Waals surface area contributed by atoms with Gasteiger partial charge in [-0.15, -0.1) is 11.3 Å². The van der Waals surface area contributed by atoms with Gasteiger partial charge in [0.2, 0.25) is 5.91 Å². The minimum Gasteiger partial charge on any atom is -0.315 e. The summed E-state index contributed by atoms with van der Waals surface area (Å²) >= 11 is 1.56. The van der Waals surface area contributed by atoms with Crippen LogP contribution in [-0.2, 0) is 28.4 Å². The predicted octanol–water partition coefficient (Wildman–Crippen LogP) is 4.26. The number of anilines is 1. The van der Waals surface area contributed by atoms with Gasteiger partial charge in [-0.2, -0.15) is 5.26 Å². The largest absolute Gasteiger partial charge is 0.315 e. The fraction of sp³-hybridized carbons (Fsp3) is 0.455. The molecule has 7 heteroatoms. The SMILES string of the molecule is C[C@@H](c1ccc([S@](C)=O)cc1)N(C)CC(=O)Nc1sc2c(c1C#N)CCCCC2. The van der Waals surface area contributed by atoms with E-state index < -0.39 is 10.8 Å². The molecule has 1 N–H and O–H groups in total. The molecule has 0 unspecified atom stereocenters. The van der Waals surface area contributed by atoms with E-state index in [1.807, 2.05) is 43.1 Å². The number of carbonyl (C=O) groups excluding carboxylic acids is 1. The Morgan fingerprint density at radius 2 is 1.97 bits per heavy atom. The van der Waals surface area contributed by atoms with Crippen molar-refractivity contribution in [2.24, 2.45) is 0 Å². The molecule has 2 atom stereocenters. The van der Waals surface area contributed by atoms with Gasteiger partial charge in [0.15, 0.2) is 0 Å². The van der Waals surface area contributed by atoms with Crippen LogP contribution in [0.2, 0.25) is 0 Å². The van der Waals surface area contributed by atoms with E-state index in [1.165, 1.54) is 11.3 Å². The molecule has 0 saturated carbocycles. The number of fused-ring (bicyclic) bond motifs is 1. The highest BCUT2D eigenvalue weighted by Gasteiger charge is 2.22. The van der Waals surface area contributed by atoms with Crippen molar-refractivity contribution in [2.75, 3.05) is 25.2 Å². The summed E-state index contributed by atoms with van der Waals surface area (Å²) in [6.45, 7) is 2.27. The lowest BCUT2D eigenvalue weighted by molar-refractivity contribution is -0.117. The molecule has 0 fully saturated rings. The average Bonchev–Trinajstić information content (AvgIpc) is 2.86. The van der Waals surface area contributed by atoms with Crippen LogP contribution < -0.4 is 5.32 Å². The molecular formula is C22H27N3O2S2. The van der Waals surface area contributed by atoms with E-state index in [4.69, 9.17) is 0 Å². The highest BCUT2D eigenvalue weighted by atomic mass is 32.2. The lowest BCUT2D eigenvalue weighted by Gasteiger charge is -2.24. The van der Waals surface area contributed by atoms with Crippen molar-refractivity contribution in [3.05, 3.63) is 45.8 Å². The molecule has 29 heavy (non-hydrogen) atoms. The first-order valence-corrected chi connectivity index (χ1v) is 12.3. The van der Waals surface area contributed by atoms with Crippen LogP contribution in [0.5, 0.6) is 0 Å². The van der Waals surface area contributed by atoms with Crippen molar-refractivity contribution in [1.29, 1.82) is 5.26 Å². The molecule has 154 valence electrons. The Morgan fingerprint density at radius 1 is 1.28 bits per heavy atom. The normalized spacial score (nSPS) is 15.8. The van der Waals surface area contributed by atoms with E-state index >= 15 is 0 Å². The molecular weight excluding hydrogens is 402 g/mol. The van der Waals surface area contributed by atoms with Gasteiger partial charge in [0, 0.05) is 32.9 Å². The molecule has 1 aromatic heterocycles. The predicted molar refractivity (Wildman–Crippen MR) is 119 cm³/mol. The molecule has 0 bridgehead atoms. The minimum absolute atomic E-state index is 0.0376. The standard InChI is InChI=1S/C22H27N3O2S2/c1-15(16-9-11-17(12-10-16)29(3)27)25(2)14-21(26)24-22-19(13-23)18-7-5-4-6-8-20(18)28-22/h9-12,15H,4-8,14H2,1-3H3,(H,24,26)/t15-,29-/m0/s1. The third kappa shape index (κ3) is 5.13. The zero-order chi connectivity index (χ0) is 21.0. The summed E-state index contributed by atoms with van der Waals surface area (Å²) in [5, 5.41) is 13.3. The number of aryl methyl sites for hydroxylation is 1. The number of hydrogen-bond acceptors (Lipinski definition) is 5. The summed E-state index contributed by atoms with van der Waals surface area (Å²) in [4.78, 5) is 16.7. The first kappa shape index (κ1) is 21.7. The van der Waals surface area contributed by atoms with Crippen LogP contribution in [-0.4, -0.2) is 34.9 Å². The molecule has 1 aliphatic carbocycles. The molecule has 0 saturated heterocycles. The number of hydrogen-bond donors (Lipinski definition) is 1. The van der Waals surface area contributed by atoms with E-state index in [1.54, 1.807) is 17.6 Å². The first-order chi connectivity index (χ1) is 13.9. The minimum atomic E-state index is -0.998. The summed E-state index contributed by atoms with van der Waals surface area (Å²) in [6, 6.07) is 10.0. The molecule has 1 aliphatic rings. The second kappa shape index (κ2) is 9.66. The third-order valence-electron chi connectivity index (χ3n) is 5.53. The number of nitrogens with one attached hydrogen (secondary N) is 1. The van der Waals surface area contributed by atoms with Crippen molar-refractivity contribution in [2.45, 2.75) is 50.0 Å². The smallest absolute Gasteiger partial charge is 0.239 e. The number of benzene rings is 1. The fourth-order valence-electron chi connectivity index (χ4n) is 3.67. The van der Waals surface area contributed by atoms with E-state index in [0.717, 1.165) is 41.7 Å². The Labute approximate surface area is 179 Å². The molecule has 0 radical (unpaired) electrons. The second-order valence-electron chi connectivity index (χ2n) is 7.54. The Morgan fingerprint density at radius 3 is 2.62 bits per heavy atom. The van der Waals surface area contributed by atoms with Gasteiger partial charge < -0.3 is 5.32 Å². The molecule has 0 aliphatic heterocycles. The average molecular weight is 430 g/mol. The van der Waals surface area contributed by atoms with Crippen LogP contribution in [0.25, 0.3) is 0 Å². The summed E-state index contributed by atoms with van der Waals surface area (Å²) in [7, 11) is 0.910. The van der Waals surface area contributed by atoms with E-state index in [-0.39, 0.29) is 18.5 Å². The highest BCUT2D eigenvalue weighted by molar-refractivity contribution is 7.84. The second-order valence-corrected chi connectivity index (χ2v) is 10.0. The summed E-state index contributed by atoms with van der Waals surface area (Å²) < 4.78 is 11.5. The lowest BCUT2D eigenvalue weighted by Crippen LogP contribution is -2.32. The molecule has 1 heterocycles. The lowest BCUT2D eigenvalue weighted by atomic mass is 10.1. The van der Waals surface area contributed by atoms with E-state index in [0.29, 0.717) is 10.6 Å². The number of amides is 1. The highest BCUT2D eigenvalue weighted by Crippen LogP contribution is 2.37. The molecule has 5 nitrogen and oxygen atoms in total. The quantitative estimate of drug-likeness (QED) is 0.697. The maximum Gasteiger partial charge on any atom is 0.239 e.